The molecular formula is C15H28FN2O3P. The standard InChI is InChI=1S/C15H28FN2O3P/c1-10(2)18(11(3)4)22(19-9-8-17-7)21-15-13(6)20-12(5)14(15)16/h10-15H,8-9H2,1-6H3/t12-,13+,14?,15-,22?/m0/s1/i6D. The second-order valence-electron chi connectivity index (χ2n) is 5.91. The van der Waals surface area contributed by atoms with Gasteiger partial charge < -0.3 is 18.6 Å². The molecule has 0 bridgehead atoms. The summed E-state index contributed by atoms with van der Waals surface area (Å²) in [4.78, 5) is 3.28. The number of ether oxygens (including phenoxy) is 1. The molecule has 1 aliphatic rings. The molecule has 0 radical (unpaired) electrons. The predicted octanol–water partition coefficient (Wildman–Crippen LogP) is 3.80. The van der Waals surface area contributed by atoms with E-state index in [1.807, 2.05) is 27.7 Å². The topological polar surface area (TPSA) is 35.3 Å². The van der Waals surface area contributed by atoms with Crippen LogP contribution in [0, 0.1) is 6.57 Å². The molecule has 5 nitrogen and oxygen atoms in total. The summed E-state index contributed by atoms with van der Waals surface area (Å²) in [5, 5.41) is 0. The van der Waals surface area contributed by atoms with E-state index >= 15 is 0 Å². The van der Waals surface area contributed by atoms with Gasteiger partial charge in [-0.3, -0.25) is 0 Å². The Labute approximate surface area is 136 Å². The first kappa shape index (κ1) is 18.0. The quantitative estimate of drug-likeness (QED) is 0.384. The lowest BCUT2D eigenvalue weighted by molar-refractivity contribution is 0.0298. The van der Waals surface area contributed by atoms with E-state index in [-0.39, 0.29) is 32.1 Å². The smallest absolute Gasteiger partial charge is 0.259 e. The van der Waals surface area contributed by atoms with Gasteiger partial charge in [-0.05, 0) is 41.5 Å². The predicted molar refractivity (Wildman–Crippen MR) is 86.2 cm³/mol. The van der Waals surface area contributed by atoms with Crippen molar-refractivity contribution in [3.05, 3.63) is 11.4 Å². The molecule has 1 rings (SSSR count). The number of hydrogen-bond acceptors (Lipinski definition) is 4. The van der Waals surface area contributed by atoms with Gasteiger partial charge >= 0.3 is 0 Å². The van der Waals surface area contributed by atoms with Crippen molar-refractivity contribution in [1.82, 2.24) is 4.67 Å². The van der Waals surface area contributed by atoms with Gasteiger partial charge in [-0.25, -0.2) is 15.6 Å². The van der Waals surface area contributed by atoms with Gasteiger partial charge in [0.25, 0.3) is 8.53 Å². The molecule has 0 spiro atoms. The van der Waals surface area contributed by atoms with Crippen LogP contribution in [0.3, 0.4) is 0 Å². The summed E-state index contributed by atoms with van der Waals surface area (Å²) >= 11 is 0. The van der Waals surface area contributed by atoms with Crippen LogP contribution >= 0.6 is 8.53 Å². The summed E-state index contributed by atoms with van der Waals surface area (Å²) in [6.07, 6.45) is -3.25. The summed E-state index contributed by atoms with van der Waals surface area (Å²) in [7, 11) is -1.52. The van der Waals surface area contributed by atoms with Crippen LogP contribution in [-0.2, 0) is 13.8 Å². The van der Waals surface area contributed by atoms with Crippen LogP contribution in [0.4, 0.5) is 4.39 Å². The molecule has 0 aromatic carbocycles. The van der Waals surface area contributed by atoms with Crippen LogP contribution in [0.5, 0.6) is 0 Å². The molecule has 0 aromatic heterocycles. The van der Waals surface area contributed by atoms with Gasteiger partial charge in [0.05, 0.1) is 12.2 Å². The molecule has 5 atom stereocenters. The van der Waals surface area contributed by atoms with Crippen molar-refractivity contribution < 1.29 is 19.5 Å². The Hall–Kier alpha value is -0.310. The van der Waals surface area contributed by atoms with Gasteiger partial charge in [0.1, 0.15) is 12.7 Å². The average molecular weight is 335 g/mol. The fourth-order valence-electron chi connectivity index (χ4n) is 2.42. The highest BCUT2D eigenvalue weighted by Gasteiger charge is 2.44. The first-order valence-corrected chi connectivity index (χ1v) is 8.76. The average Bonchev–Trinajstić information content (AvgIpc) is 2.74. The van der Waals surface area contributed by atoms with Gasteiger partial charge in [0.15, 0.2) is 6.17 Å². The fourth-order valence-corrected chi connectivity index (χ4v) is 4.18. The minimum absolute atomic E-state index is 0.0516. The Balaban J connectivity index is 2.88. The van der Waals surface area contributed by atoms with E-state index in [1.54, 1.807) is 6.92 Å². The molecule has 128 valence electrons. The highest BCUT2D eigenvalue weighted by atomic mass is 31.2. The maximum absolute atomic E-state index is 14.4. The summed E-state index contributed by atoms with van der Waals surface area (Å²) < 4.78 is 41.2. The first-order valence-electron chi connectivity index (χ1n) is 8.34. The molecule has 22 heavy (non-hydrogen) atoms. The number of rotatable bonds is 8. The molecular weight excluding hydrogens is 306 g/mol. The van der Waals surface area contributed by atoms with E-state index < -0.39 is 33.0 Å². The molecule has 0 aliphatic carbocycles. The van der Waals surface area contributed by atoms with Gasteiger partial charge in [0.2, 0.25) is 6.54 Å². The Morgan fingerprint density at radius 2 is 2.00 bits per heavy atom. The highest BCUT2D eigenvalue weighted by Crippen LogP contribution is 2.49. The molecule has 1 fully saturated rings. The van der Waals surface area contributed by atoms with Crippen LogP contribution < -0.4 is 0 Å². The summed E-state index contributed by atoms with van der Waals surface area (Å²) in [5.41, 5.74) is 0. The van der Waals surface area contributed by atoms with Crippen molar-refractivity contribution in [1.29, 1.82) is 0 Å². The lowest BCUT2D eigenvalue weighted by atomic mass is 10.1. The highest BCUT2D eigenvalue weighted by molar-refractivity contribution is 7.44. The van der Waals surface area contributed by atoms with Gasteiger partial charge in [0, 0.05) is 13.5 Å². The molecule has 1 aliphatic heterocycles. The molecule has 0 saturated carbocycles. The Morgan fingerprint density at radius 3 is 2.50 bits per heavy atom. The summed E-state index contributed by atoms with van der Waals surface area (Å²) in [6, 6.07) is 0.308. The van der Waals surface area contributed by atoms with E-state index in [2.05, 4.69) is 9.52 Å². The molecule has 1 heterocycles. The van der Waals surface area contributed by atoms with E-state index in [0.717, 1.165) is 0 Å². The van der Waals surface area contributed by atoms with Crippen LogP contribution in [-0.4, -0.2) is 54.4 Å². The van der Waals surface area contributed by atoms with Crippen molar-refractivity contribution in [3.8, 4) is 0 Å². The summed E-state index contributed by atoms with van der Waals surface area (Å²) in [6.45, 7) is 17.1. The molecule has 0 amide bonds. The second-order valence-corrected chi connectivity index (χ2v) is 7.32. The zero-order valence-corrected chi connectivity index (χ0v) is 14.9. The maximum Gasteiger partial charge on any atom is 0.259 e. The number of nitrogens with zero attached hydrogens (tertiary/aromatic N) is 2. The van der Waals surface area contributed by atoms with Crippen molar-refractivity contribution in [3.63, 3.8) is 0 Å². The molecule has 0 N–H and O–H groups in total. The number of alkyl halides is 1. The van der Waals surface area contributed by atoms with Crippen molar-refractivity contribution >= 4 is 8.53 Å². The SMILES string of the molecule is [2H]C[C@H]1O[C@@H](C)C(F)[C@H]1OP(OCC[N+]#[C-])N(C(C)C)C(C)C. The summed E-state index contributed by atoms with van der Waals surface area (Å²) in [5.74, 6) is 0. The van der Waals surface area contributed by atoms with Crippen LogP contribution in [0.25, 0.3) is 4.85 Å². The Morgan fingerprint density at radius 1 is 1.36 bits per heavy atom. The lowest BCUT2D eigenvalue weighted by Gasteiger charge is -2.37. The van der Waals surface area contributed by atoms with E-state index in [9.17, 15) is 4.39 Å². The third-order valence-corrected chi connectivity index (χ3v) is 5.51. The third-order valence-electron chi connectivity index (χ3n) is 3.38. The maximum atomic E-state index is 14.4. The van der Waals surface area contributed by atoms with Gasteiger partial charge in [-0.15, -0.1) is 0 Å². The van der Waals surface area contributed by atoms with Crippen LogP contribution in [0.2, 0.25) is 0 Å². The normalized spacial score (nSPS) is 30.8. The number of hydrogen-bond donors (Lipinski definition) is 0. The lowest BCUT2D eigenvalue weighted by Crippen LogP contribution is -2.37. The second kappa shape index (κ2) is 9.10. The molecule has 7 heteroatoms. The molecule has 0 aromatic rings. The van der Waals surface area contributed by atoms with E-state index in [0.29, 0.717) is 0 Å². The molecule has 1 saturated heterocycles. The fraction of sp³-hybridized carbons (Fsp3) is 0.933. The van der Waals surface area contributed by atoms with Crippen molar-refractivity contribution in [2.24, 2.45) is 0 Å². The van der Waals surface area contributed by atoms with Gasteiger partial charge in [-0.1, -0.05) is 0 Å². The van der Waals surface area contributed by atoms with E-state index in [1.165, 1.54) is 0 Å². The monoisotopic (exact) mass is 335 g/mol. The largest absolute Gasteiger partial charge is 0.370 e. The Bertz CT molecular complexity index is 389. The first-order chi connectivity index (χ1) is 10.8. The molecule has 2 unspecified atom stereocenters. The number of halogens is 1. The van der Waals surface area contributed by atoms with Crippen LogP contribution in [0.15, 0.2) is 0 Å². The van der Waals surface area contributed by atoms with Gasteiger partial charge in [-0.2, -0.15) is 0 Å². The minimum atomic E-state index is -1.52. The zero-order valence-electron chi connectivity index (χ0n) is 15.0. The zero-order chi connectivity index (χ0) is 17.6. The third kappa shape index (κ3) is 5.11. The van der Waals surface area contributed by atoms with Crippen molar-refractivity contribution in [2.75, 3.05) is 13.2 Å². The van der Waals surface area contributed by atoms with Crippen LogP contribution in [0.1, 0.15) is 42.9 Å². The van der Waals surface area contributed by atoms with Crippen molar-refractivity contribution in [2.45, 2.75) is 78.1 Å². The minimum Gasteiger partial charge on any atom is -0.370 e. The Kier molecular flexibility index (Phi) is 7.46. The van der Waals surface area contributed by atoms with E-state index in [4.69, 9.17) is 21.7 Å².